The molecular weight excluding hydrogens is 226 g/mol. The van der Waals surface area contributed by atoms with E-state index in [-0.39, 0.29) is 0 Å². The van der Waals surface area contributed by atoms with Crippen LogP contribution in [0.1, 0.15) is 18.4 Å². The van der Waals surface area contributed by atoms with Crippen LogP contribution in [0.15, 0.2) is 24.3 Å². The summed E-state index contributed by atoms with van der Waals surface area (Å²) in [5.41, 5.74) is 1.23. The van der Waals surface area contributed by atoms with Gasteiger partial charge >= 0.3 is 0 Å². The first-order chi connectivity index (χ1) is 8.78. The second-order valence-corrected chi connectivity index (χ2v) is 5.13. The van der Waals surface area contributed by atoms with Gasteiger partial charge in [-0.2, -0.15) is 0 Å². The Morgan fingerprint density at radius 1 is 1.44 bits per heavy atom. The van der Waals surface area contributed by atoms with Gasteiger partial charge in [0.1, 0.15) is 12.4 Å². The minimum absolute atomic E-state index is 0.318. The van der Waals surface area contributed by atoms with Crippen LogP contribution in [0.25, 0.3) is 0 Å². The van der Waals surface area contributed by atoms with Gasteiger partial charge in [0, 0.05) is 19.7 Å². The van der Waals surface area contributed by atoms with E-state index >= 15 is 0 Å². The van der Waals surface area contributed by atoms with Gasteiger partial charge in [0.25, 0.3) is 0 Å². The van der Waals surface area contributed by atoms with Crippen molar-refractivity contribution in [2.75, 3.05) is 32.8 Å². The van der Waals surface area contributed by atoms with Crippen LogP contribution in [0.5, 0.6) is 5.75 Å². The Hall–Kier alpha value is -1.06. The highest BCUT2D eigenvalue weighted by molar-refractivity contribution is 5.27. The van der Waals surface area contributed by atoms with Gasteiger partial charge < -0.3 is 9.84 Å². The average molecular weight is 249 g/mol. The van der Waals surface area contributed by atoms with Crippen molar-refractivity contribution in [2.45, 2.75) is 19.8 Å². The van der Waals surface area contributed by atoms with Crippen molar-refractivity contribution in [3.05, 3.63) is 29.8 Å². The summed E-state index contributed by atoms with van der Waals surface area (Å²) in [4.78, 5) is 2.43. The summed E-state index contributed by atoms with van der Waals surface area (Å²) in [6.07, 6.45) is 2.15. The van der Waals surface area contributed by atoms with Gasteiger partial charge in [-0.25, -0.2) is 0 Å². The van der Waals surface area contributed by atoms with Gasteiger partial charge in [-0.05, 0) is 49.9 Å². The molecule has 1 fully saturated rings. The third-order valence-corrected chi connectivity index (χ3v) is 3.57. The van der Waals surface area contributed by atoms with E-state index in [0.29, 0.717) is 12.5 Å². The molecule has 1 atom stereocenters. The zero-order chi connectivity index (χ0) is 12.8. The lowest BCUT2D eigenvalue weighted by Crippen LogP contribution is -2.26. The van der Waals surface area contributed by atoms with Crippen LogP contribution in [0.4, 0.5) is 0 Å². The number of hydrogen-bond acceptors (Lipinski definition) is 3. The van der Waals surface area contributed by atoms with E-state index in [4.69, 9.17) is 9.84 Å². The summed E-state index contributed by atoms with van der Waals surface area (Å²) in [5.74, 6) is 1.63. The Morgan fingerprint density at radius 3 is 3.11 bits per heavy atom. The fraction of sp³-hybridized carbons (Fsp3) is 0.600. The molecule has 1 N–H and O–H groups in total. The van der Waals surface area contributed by atoms with Crippen molar-refractivity contribution >= 4 is 0 Å². The van der Waals surface area contributed by atoms with Gasteiger partial charge in [0.15, 0.2) is 0 Å². The molecule has 1 aromatic carbocycles. The van der Waals surface area contributed by atoms with Crippen LogP contribution < -0.4 is 4.74 Å². The lowest BCUT2D eigenvalue weighted by Gasteiger charge is -2.16. The fourth-order valence-corrected chi connectivity index (χ4v) is 2.53. The molecule has 100 valence electrons. The van der Waals surface area contributed by atoms with Crippen LogP contribution in [0.3, 0.4) is 0 Å². The molecule has 1 saturated heterocycles. The van der Waals surface area contributed by atoms with E-state index in [0.717, 1.165) is 38.4 Å². The van der Waals surface area contributed by atoms with Crippen molar-refractivity contribution in [3.63, 3.8) is 0 Å². The third-order valence-electron chi connectivity index (χ3n) is 3.57. The van der Waals surface area contributed by atoms with Gasteiger partial charge in [-0.1, -0.05) is 12.1 Å². The molecule has 0 bridgehead atoms. The topological polar surface area (TPSA) is 32.7 Å². The molecule has 1 aliphatic rings. The van der Waals surface area contributed by atoms with Gasteiger partial charge in [-0.3, -0.25) is 4.90 Å². The summed E-state index contributed by atoms with van der Waals surface area (Å²) in [6, 6.07) is 8.18. The first-order valence-corrected chi connectivity index (χ1v) is 6.80. The standard InChI is InChI=1S/C15H23NO2/c1-13-3-2-4-15(11-13)18-10-8-16-7-5-14(12-16)6-9-17/h2-4,11,14,17H,5-10,12H2,1H3. The molecule has 0 aromatic heterocycles. The number of ether oxygens (including phenoxy) is 1. The molecule has 2 rings (SSSR count). The zero-order valence-electron chi connectivity index (χ0n) is 11.1. The van der Waals surface area contributed by atoms with Crippen LogP contribution in [-0.2, 0) is 0 Å². The Morgan fingerprint density at radius 2 is 2.33 bits per heavy atom. The van der Waals surface area contributed by atoms with Crippen LogP contribution in [-0.4, -0.2) is 42.9 Å². The van der Waals surface area contributed by atoms with Gasteiger partial charge in [0.2, 0.25) is 0 Å². The quantitative estimate of drug-likeness (QED) is 0.838. The normalized spacial score (nSPS) is 20.2. The molecule has 0 aliphatic carbocycles. The highest BCUT2D eigenvalue weighted by Gasteiger charge is 2.21. The Kier molecular flexibility index (Phi) is 5.02. The van der Waals surface area contributed by atoms with Crippen LogP contribution in [0.2, 0.25) is 0 Å². The van der Waals surface area contributed by atoms with E-state index in [1.165, 1.54) is 12.0 Å². The largest absolute Gasteiger partial charge is 0.492 e. The highest BCUT2D eigenvalue weighted by atomic mass is 16.5. The first kappa shape index (κ1) is 13.4. The maximum Gasteiger partial charge on any atom is 0.119 e. The molecule has 0 radical (unpaired) electrons. The summed E-state index contributed by atoms with van der Waals surface area (Å²) in [5, 5.41) is 8.92. The smallest absolute Gasteiger partial charge is 0.119 e. The van der Waals surface area contributed by atoms with E-state index in [9.17, 15) is 0 Å². The molecule has 3 heteroatoms. The fourth-order valence-electron chi connectivity index (χ4n) is 2.53. The maximum atomic E-state index is 8.92. The molecule has 0 saturated carbocycles. The van der Waals surface area contributed by atoms with Crippen molar-refractivity contribution in [2.24, 2.45) is 5.92 Å². The molecular formula is C15H23NO2. The van der Waals surface area contributed by atoms with E-state index < -0.39 is 0 Å². The van der Waals surface area contributed by atoms with Gasteiger partial charge in [-0.15, -0.1) is 0 Å². The second-order valence-electron chi connectivity index (χ2n) is 5.13. The average Bonchev–Trinajstić information content (AvgIpc) is 2.78. The number of benzene rings is 1. The Balaban J connectivity index is 1.67. The number of hydrogen-bond donors (Lipinski definition) is 1. The molecule has 18 heavy (non-hydrogen) atoms. The van der Waals surface area contributed by atoms with E-state index in [1.54, 1.807) is 0 Å². The Labute approximate surface area is 109 Å². The predicted molar refractivity (Wildman–Crippen MR) is 72.9 cm³/mol. The van der Waals surface area contributed by atoms with Crippen molar-refractivity contribution in [1.29, 1.82) is 0 Å². The van der Waals surface area contributed by atoms with Crippen LogP contribution >= 0.6 is 0 Å². The zero-order valence-corrected chi connectivity index (χ0v) is 11.1. The molecule has 0 amide bonds. The Bertz CT molecular complexity index is 367. The summed E-state index contributed by atoms with van der Waals surface area (Å²) >= 11 is 0. The van der Waals surface area contributed by atoms with E-state index in [1.807, 2.05) is 12.1 Å². The number of aryl methyl sites for hydroxylation is 1. The molecule has 1 aliphatic heterocycles. The van der Waals surface area contributed by atoms with Crippen molar-refractivity contribution in [1.82, 2.24) is 4.90 Å². The number of likely N-dealkylation sites (tertiary alicyclic amines) is 1. The molecule has 3 nitrogen and oxygen atoms in total. The van der Waals surface area contributed by atoms with Gasteiger partial charge in [0.05, 0.1) is 0 Å². The highest BCUT2D eigenvalue weighted by Crippen LogP contribution is 2.19. The molecule has 0 spiro atoms. The van der Waals surface area contributed by atoms with Crippen molar-refractivity contribution < 1.29 is 9.84 Å². The number of aliphatic hydroxyl groups excluding tert-OH is 1. The number of aliphatic hydroxyl groups is 1. The summed E-state index contributed by atoms with van der Waals surface area (Å²) in [6.45, 7) is 6.37. The van der Waals surface area contributed by atoms with Crippen molar-refractivity contribution in [3.8, 4) is 5.75 Å². The number of rotatable bonds is 6. The lowest BCUT2D eigenvalue weighted by atomic mass is 10.1. The predicted octanol–water partition coefficient (Wildman–Crippen LogP) is 2.08. The second kappa shape index (κ2) is 6.76. The SMILES string of the molecule is Cc1cccc(OCCN2CCC(CCO)C2)c1. The minimum Gasteiger partial charge on any atom is -0.492 e. The number of nitrogens with zero attached hydrogens (tertiary/aromatic N) is 1. The minimum atomic E-state index is 0.318. The first-order valence-electron chi connectivity index (χ1n) is 6.80. The van der Waals surface area contributed by atoms with Crippen LogP contribution in [0, 0.1) is 12.8 Å². The maximum absolute atomic E-state index is 8.92. The molecule has 1 unspecified atom stereocenters. The molecule has 1 aromatic rings. The summed E-state index contributed by atoms with van der Waals surface area (Å²) in [7, 11) is 0. The summed E-state index contributed by atoms with van der Waals surface area (Å²) < 4.78 is 5.75. The monoisotopic (exact) mass is 249 g/mol. The van der Waals surface area contributed by atoms with E-state index in [2.05, 4.69) is 24.0 Å². The molecule has 1 heterocycles. The third kappa shape index (κ3) is 4.00. The lowest BCUT2D eigenvalue weighted by molar-refractivity contribution is 0.222.